The van der Waals surface area contributed by atoms with Gasteiger partial charge in [-0.05, 0) is 55.7 Å². The Morgan fingerprint density at radius 3 is 2.52 bits per heavy atom. The van der Waals surface area contributed by atoms with Gasteiger partial charge < -0.3 is 5.32 Å². The molecule has 0 bridgehead atoms. The predicted molar refractivity (Wildman–Crippen MR) is 124 cm³/mol. The van der Waals surface area contributed by atoms with Crippen molar-refractivity contribution < 1.29 is 9.18 Å². The van der Waals surface area contributed by atoms with Crippen LogP contribution in [0.3, 0.4) is 0 Å². The Kier molecular flexibility index (Phi) is 5.88. The third-order valence-corrected chi connectivity index (χ3v) is 5.23. The molecular weight excluding hydrogens is 425 g/mol. The summed E-state index contributed by atoms with van der Waals surface area (Å²) in [6.07, 6.45) is 0. The number of nitrogens with zero attached hydrogens (tertiary/aromatic N) is 4. The Morgan fingerprint density at radius 1 is 1.09 bits per heavy atom. The Hall–Kier alpha value is -3.75. The van der Waals surface area contributed by atoms with Crippen molar-refractivity contribution in [1.82, 2.24) is 24.1 Å². The minimum Gasteiger partial charge on any atom is -0.350 e. The number of nitrogens with one attached hydrogen (secondary N) is 1. The molecule has 0 atom stereocenters. The molecule has 9 heteroatoms. The number of benzene rings is 2. The van der Waals surface area contributed by atoms with E-state index in [1.165, 1.54) is 31.8 Å². The smallest absolute Gasteiger partial charge is 0.350 e. The van der Waals surface area contributed by atoms with Gasteiger partial charge in [0.2, 0.25) is 5.78 Å². The highest BCUT2D eigenvalue weighted by atomic mass is 19.1. The number of rotatable bonds is 6. The number of fused-ring (bicyclic) bond motifs is 3. The molecule has 1 N–H and O–H groups in total. The fourth-order valence-corrected chi connectivity index (χ4v) is 3.84. The Morgan fingerprint density at radius 2 is 1.85 bits per heavy atom. The van der Waals surface area contributed by atoms with Gasteiger partial charge in [-0.2, -0.15) is 0 Å². The fourth-order valence-electron chi connectivity index (χ4n) is 3.84. The molecule has 0 fully saturated rings. The van der Waals surface area contributed by atoms with E-state index in [1.807, 2.05) is 27.7 Å². The summed E-state index contributed by atoms with van der Waals surface area (Å²) in [5.74, 6) is -0.397. The lowest BCUT2D eigenvalue weighted by atomic mass is 10.1. The van der Waals surface area contributed by atoms with Gasteiger partial charge >= 0.3 is 5.69 Å². The summed E-state index contributed by atoms with van der Waals surface area (Å²) in [5.41, 5.74) is 0.452. The monoisotopic (exact) mass is 451 g/mol. The van der Waals surface area contributed by atoms with Crippen LogP contribution >= 0.6 is 0 Å². The van der Waals surface area contributed by atoms with Crippen LogP contribution in [-0.4, -0.2) is 30.7 Å². The lowest BCUT2D eigenvalue weighted by molar-refractivity contribution is 0.0943. The molecule has 1 amide bonds. The SMILES string of the molecule is CC(C)Cn1c(=O)c2ccc(C(=O)NC(C)C)cc2n2c(=O)n(Cc3cccc(F)c3)nc12. The Balaban J connectivity index is 1.99. The van der Waals surface area contributed by atoms with Crippen molar-refractivity contribution in [3.63, 3.8) is 0 Å². The van der Waals surface area contributed by atoms with Crippen molar-refractivity contribution in [2.75, 3.05) is 0 Å². The summed E-state index contributed by atoms with van der Waals surface area (Å²) in [7, 11) is 0. The van der Waals surface area contributed by atoms with E-state index in [0.29, 0.717) is 28.6 Å². The molecule has 33 heavy (non-hydrogen) atoms. The first-order valence-electron chi connectivity index (χ1n) is 10.9. The minimum atomic E-state index is -0.474. The first kappa shape index (κ1) is 22.4. The molecule has 0 aliphatic carbocycles. The van der Waals surface area contributed by atoms with Gasteiger partial charge in [0.05, 0.1) is 17.4 Å². The molecule has 2 heterocycles. The summed E-state index contributed by atoms with van der Waals surface area (Å²) < 4.78 is 17.7. The zero-order valence-corrected chi connectivity index (χ0v) is 19.0. The summed E-state index contributed by atoms with van der Waals surface area (Å²) >= 11 is 0. The molecule has 4 aromatic rings. The van der Waals surface area contributed by atoms with Crippen LogP contribution < -0.4 is 16.6 Å². The highest BCUT2D eigenvalue weighted by molar-refractivity contribution is 5.98. The zero-order valence-electron chi connectivity index (χ0n) is 19.0. The molecule has 8 nitrogen and oxygen atoms in total. The number of amides is 1. The van der Waals surface area contributed by atoms with Crippen molar-refractivity contribution in [2.45, 2.75) is 46.8 Å². The summed E-state index contributed by atoms with van der Waals surface area (Å²) in [4.78, 5) is 39.3. The summed E-state index contributed by atoms with van der Waals surface area (Å²) in [6.45, 7) is 8.04. The zero-order chi connectivity index (χ0) is 23.9. The predicted octanol–water partition coefficient (Wildman–Crippen LogP) is 2.79. The number of aromatic nitrogens is 4. The fraction of sp³-hybridized carbons (Fsp3) is 0.333. The maximum Gasteiger partial charge on any atom is 0.352 e. The van der Waals surface area contributed by atoms with Crippen molar-refractivity contribution in [1.29, 1.82) is 0 Å². The van der Waals surface area contributed by atoms with Gasteiger partial charge in [-0.15, -0.1) is 5.10 Å². The molecule has 0 unspecified atom stereocenters. The lowest BCUT2D eigenvalue weighted by Crippen LogP contribution is -2.31. The van der Waals surface area contributed by atoms with Gasteiger partial charge in [0.25, 0.3) is 11.5 Å². The quantitative estimate of drug-likeness (QED) is 0.488. The average molecular weight is 452 g/mol. The second kappa shape index (κ2) is 8.65. The molecule has 0 aliphatic heterocycles. The molecular formula is C24H26FN5O3. The van der Waals surface area contributed by atoms with Crippen molar-refractivity contribution >= 4 is 22.6 Å². The van der Waals surface area contributed by atoms with E-state index < -0.39 is 11.5 Å². The van der Waals surface area contributed by atoms with Crippen LogP contribution in [0.4, 0.5) is 4.39 Å². The van der Waals surface area contributed by atoms with E-state index >= 15 is 0 Å². The molecule has 0 saturated heterocycles. The average Bonchev–Trinajstić information content (AvgIpc) is 3.06. The van der Waals surface area contributed by atoms with Gasteiger partial charge in [-0.25, -0.2) is 18.3 Å². The van der Waals surface area contributed by atoms with E-state index in [1.54, 1.807) is 24.3 Å². The van der Waals surface area contributed by atoms with E-state index in [0.717, 1.165) is 0 Å². The van der Waals surface area contributed by atoms with Gasteiger partial charge in [0.1, 0.15) is 5.82 Å². The van der Waals surface area contributed by atoms with E-state index in [2.05, 4.69) is 10.4 Å². The first-order chi connectivity index (χ1) is 15.7. The van der Waals surface area contributed by atoms with Crippen LogP contribution in [0, 0.1) is 11.7 Å². The Labute approximate surface area is 189 Å². The van der Waals surface area contributed by atoms with Crippen molar-refractivity contribution in [2.24, 2.45) is 5.92 Å². The molecule has 0 spiro atoms. The van der Waals surface area contributed by atoms with Gasteiger partial charge in [-0.1, -0.05) is 26.0 Å². The summed E-state index contributed by atoms with van der Waals surface area (Å²) in [6, 6.07) is 10.6. The molecule has 2 aromatic heterocycles. The number of carbonyl (C=O) groups is 1. The standard InChI is InChI=1S/C24H26FN5O3/c1-14(2)12-28-22(32)19-9-8-17(21(31)26-15(3)4)11-20(19)30-23(28)27-29(24(30)33)13-16-6-5-7-18(25)10-16/h5-11,14-15H,12-13H2,1-4H3,(H,26,31). The maximum absolute atomic E-state index is 13.7. The molecule has 0 saturated carbocycles. The highest BCUT2D eigenvalue weighted by Crippen LogP contribution is 2.16. The largest absolute Gasteiger partial charge is 0.352 e. The van der Waals surface area contributed by atoms with Gasteiger partial charge in [0, 0.05) is 18.2 Å². The maximum atomic E-state index is 13.7. The van der Waals surface area contributed by atoms with Gasteiger partial charge in [0.15, 0.2) is 0 Å². The topological polar surface area (TPSA) is 90.4 Å². The lowest BCUT2D eigenvalue weighted by Gasteiger charge is -2.13. The molecule has 0 aliphatic rings. The number of hydrogen-bond acceptors (Lipinski definition) is 4. The van der Waals surface area contributed by atoms with Crippen LogP contribution in [0.1, 0.15) is 43.6 Å². The molecule has 4 rings (SSSR count). The van der Waals surface area contributed by atoms with Crippen molar-refractivity contribution in [3.8, 4) is 0 Å². The number of halogens is 1. The molecule has 172 valence electrons. The molecule has 0 radical (unpaired) electrons. The third kappa shape index (κ3) is 4.30. The number of hydrogen-bond donors (Lipinski definition) is 1. The van der Waals surface area contributed by atoms with E-state index in [9.17, 15) is 18.8 Å². The number of carbonyl (C=O) groups excluding carboxylic acids is 1. The van der Waals surface area contributed by atoms with Crippen LogP contribution in [0.25, 0.3) is 16.7 Å². The second-order valence-electron chi connectivity index (χ2n) is 8.88. The minimum absolute atomic E-state index is 0.0448. The van der Waals surface area contributed by atoms with Gasteiger partial charge in [-0.3, -0.25) is 14.2 Å². The van der Waals surface area contributed by atoms with Crippen LogP contribution in [-0.2, 0) is 13.1 Å². The van der Waals surface area contributed by atoms with Crippen LogP contribution in [0.5, 0.6) is 0 Å². The second-order valence-corrected chi connectivity index (χ2v) is 8.88. The normalized spacial score (nSPS) is 11.7. The first-order valence-corrected chi connectivity index (χ1v) is 10.9. The van der Waals surface area contributed by atoms with Crippen molar-refractivity contribution in [3.05, 3.63) is 80.2 Å². The summed E-state index contributed by atoms with van der Waals surface area (Å²) in [5, 5.41) is 7.56. The molecule has 2 aromatic carbocycles. The van der Waals surface area contributed by atoms with E-state index in [4.69, 9.17) is 0 Å². The van der Waals surface area contributed by atoms with E-state index in [-0.39, 0.29) is 35.7 Å². The van der Waals surface area contributed by atoms with Crippen LogP contribution in [0.2, 0.25) is 0 Å². The highest BCUT2D eigenvalue weighted by Gasteiger charge is 2.20. The third-order valence-electron chi connectivity index (χ3n) is 5.23. The Bertz CT molecular complexity index is 1480. The van der Waals surface area contributed by atoms with Crippen LogP contribution in [0.15, 0.2) is 52.1 Å².